The second-order valence-electron chi connectivity index (χ2n) is 5.07. The van der Waals surface area contributed by atoms with Crippen LogP contribution in [0.4, 0.5) is 5.69 Å². The standard InChI is InChI=1S/C15H20N4O/c1-11(2)14(10-16)15(20)18-12-4-6-13(7-5-12)19-9-3-8-17-19/h3-9,11,14H,10,16H2,1-2H3,(H,18,20). The molecule has 0 saturated heterocycles. The smallest absolute Gasteiger partial charge is 0.229 e. The fraction of sp³-hybridized carbons (Fsp3) is 0.333. The zero-order chi connectivity index (χ0) is 14.5. The second-order valence-corrected chi connectivity index (χ2v) is 5.07. The average molecular weight is 272 g/mol. The Morgan fingerprint density at radius 2 is 2.05 bits per heavy atom. The minimum atomic E-state index is -0.166. The molecular formula is C15H20N4O. The Balaban J connectivity index is 2.06. The molecule has 20 heavy (non-hydrogen) atoms. The molecule has 1 aromatic heterocycles. The molecule has 106 valence electrons. The van der Waals surface area contributed by atoms with E-state index in [1.807, 2.05) is 50.4 Å². The molecule has 1 unspecified atom stereocenters. The lowest BCUT2D eigenvalue weighted by Crippen LogP contribution is -2.33. The Morgan fingerprint density at radius 3 is 2.55 bits per heavy atom. The summed E-state index contributed by atoms with van der Waals surface area (Å²) in [6, 6.07) is 9.42. The molecule has 0 bridgehead atoms. The number of rotatable bonds is 5. The Kier molecular flexibility index (Phi) is 4.53. The van der Waals surface area contributed by atoms with Gasteiger partial charge in [0.25, 0.3) is 0 Å². The number of aromatic nitrogens is 2. The first-order valence-corrected chi connectivity index (χ1v) is 6.73. The quantitative estimate of drug-likeness (QED) is 0.874. The predicted molar refractivity (Wildman–Crippen MR) is 79.6 cm³/mol. The topological polar surface area (TPSA) is 72.9 Å². The first-order valence-electron chi connectivity index (χ1n) is 6.73. The van der Waals surface area contributed by atoms with Crippen LogP contribution in [0, 0.1) is 11.8 Å². The van der Waals surface area contributed by atoms with Crippen LogP contribution < -0.4 is 11.1 Å². The molecule has 3 N–H and O–H groups in total. The van der Waals surface area contributed by atoms with Gasteiger partial charge in [-0.1, -0.05) is 13.8 Å². The van der Waals surface area contributed by atoms with E-state index < -0.39 is 0 Å². The van der Waals surface area contributed by atoms with Crippen LogP contribution in [0.25, 0.3) is 5.69 Å². The number of hydrogen-bond donors (Lipinski definition) is 2. The van der Waals surface area contributed by atoms with Crippen LogP contribution in [-0.4, -0.2) is 22.2 Å². The molecule has 0 aliphatic rings. The van der Waals surface area contributed by atoms with Crippen molar-refractivity contribution in [1.29, 1.82) is 0 Å². The van der Waals surface area contributed by atoms with E-state index >= 15 is 0 Å². The van der Waals surface area contributed by atoms with E-state index in [1.54, 1.807) is 10.9 Å². The van der Waals surface area contributed by atoms with E-state index in [0.717, 1.165) is 11.4 Å². The van der Waals surface area contributed by atoms with Gasteiger partial charge in [0.15, 0.2) is 0 Å². The van der Waals surface area contributed by atoms with Crippen molar-refractivity contribution in [2.45, 2.75) is 13.8 Å². The summed E-state index contributed by atoms with van der Waals surface area (Å²) < 4.78 is 1.77. The average Bonchev–Trinajstić information content (AvgIpc) is 2.94. The van der Waals surface area contributed by atoms with Crippen molar-refractivity contribution < 1.29 is 4.79 Å². The lowest BCUT2D eigenvalue weighted by Gasteiger charge is -2.18. The van der Waals surface area contributed by atoms with Gasteiger partial charge in [0, 0.05) is 24.6 Å². The molecule has 0 aliphatic carbocycles. The van der Waals surface area contributed by atoms with Crippen molar-refractivity contribution in [2.24, 2.45) is 17.6 Å². The minimum Gasteiger partial charge on any atom is -0.330 e. The van der Waals surface area contributed by atoms with E-state index in [4.69, 9.17) is 5.73 Å². The maximum absolute atomic E-state index is 12.1. The number of carbonyl (C=O) groups excluding carboxylic acids is 1. The van der Waals surface area contributed by atoms with Crippen molar-refractivity contribution in [3.8, 4) is 5.69 Å². The van der Waals surface area contributed by atoms with Crippen LogP contribution in [0.3, 0.4) is 0 Å². The third-order valence-corrected chi connectivity index (χ3v) is 3.30. The van der Waals surface area contributed by atoms with E-state index in [-0.39, 0.29) is 17.7 Å². The molecule has 1 aromatic carbocycles. The Hall–Kier alpha value is -2.14. The number of nitrogens with two attached hydrogens (primary N) is 1. The molecule has 2 rings (SSSR count). The maximum atomic E-state index is 12.1. The van der Waals surface area contributed by atoms with Gasteiger partial charge in [-0.15, -0.1) is 0 Å². The number of carbonyl (C=O) groups is 1. The number of benzene rings is 1. The molecule has 0 aliphatic heterocycles. The van der Waals surface area contributed by atoms with Gasteiger partial charge in [0.05, 0.1) is 11.6 Å². The molecule has 1 atom stereocenters. The zero-order valence-corrected chi connectivity index (χ0v) is 11.8. The summed E-state index contributed by atoms with van der Waals surface area (Å²) in [5, 5.41) is 7.05. The molecule has 0 fully saturated rings. The summed E-state index contributed by atoms with van der Waals surface area (Å²) in [4.78, 5) is 12.1. The molecule has 0 saturated carbocycles. The second kappa shape index (κ2) is 6.34. The molecule has 1 heterocycles. The van der Waals surface area contributed by atoms with Gasteiger partial charge in [-0.25, -0.2) is 4.68 Å². The van der Waals surface area contributed by atoms with Gasteiger partial charge < -0.3 is 11.1 Å². The lowest BCUT2D eigenvalue weighted by atomic mass is 9.95. The van der Waals surface area contributed by atoms with E-state index in [2.05, 4.69) is 10.4 Å². The van der Waals surface area contributed by atoms with Crippen molar-refractivity contribution in [3.05, 3.63) is 42.7 Å². The van der Waals surface area contributed by atoms with Crippen molar-refractivity contribution >= 4 is 11.6 Å². The molecule has 0 radical (unpaired) electrons. The highest BCUT2D eigenvalue weighted by Crippen LogP contribution is 2.16. The number of nitrogens with zero attached hydrogens (tertiary/aromatic N) is 2. The van der Waals surface area contributed by atoms with Crippen LogP contribution in [0.1, 0.15) is 13.8 Å². The van der Waals surface area contributed by atoms with Crippen LogP contribution in [0.2, 0.25) is 0 Å². The highest BCUT2D eigenvalue weighted by molar-refractivity contribution is 5.92. The largest absolute Gasteiger partial charge is 0.330 e. The summed E-state index contributed by atoms with van der Waals surface area (Å²) in [6.45, 7) is 4.35. The monoisotopic (exact) mass is 272 g/mol. The van der Waals surface area contributed by atoms with Crippen molar-refractivity contribution in [1.82, 2.24) is 9.78 Å². The highest BCUT2D eigenvalue weighted by atomic mass is 16.1. The van der Waals surface area contributed by atoms with Crippen molar-refractivity contribution in [2.75, 3.05) is 11.9 Å². The normalized spacial score (nSPS) is 12.4. The number of hydrogen-bond acceptors (Lipinski definition) is 3. The molecule has 5 heteroatoms. The van der Waals surface area contributed by atoms with Crippen LogP contribution in [-0.2, 0) is 4.79 Å². The first kappa shape index (κ1) is 14.3. The number of nitrogens with one attached hydrogen (secondary N) is 1. The Bertz CT molecular complexity index is 546. The van der Waals surface area contributed by atoms with Gasteiger partial charge in [0.2, 0.25) is 5.91 Å². The van der Waals surface area contributed by atoms with Gasteiger partial charge in [-0.05, 0) is 36.2 Å². The summed E-state index contributed by atoms with van der Waals surface area (Å²) in [6.07, 6.45) is 3.60. The first-order chi connectivity index (χ1) is 9.61. The summed E-state index contributed by atoms with van der Waals surface area (Å²) in [5.74, 6) is 0.0264. The summed E-state index contributed by atoms with van der Waals surface area (Å²) in [5.41, 5.74) is 7.36. The molecule has 0 spiro atoms. The molecule has 5 nitrogen and oxygen atoms in total. The predicted octanol–water partition coefficient (Wildman–Crippen LogP) is 2.04. The number of amides is 1. The summed E-state index contributed by atoms with van der Waals surface area (Å²) >= 11 is 0. The van der Waals surface area contributed by atoms with E-state index in [1.165, 1.54) is 0 Å². The summed E-state index contributed by atoms with van der Waals surface area (Å²) in [7, 11) is 0. The minimum absolute atomic E-state index is 0.0330. The van der Waals surface area contributed by atoms with Gasteiger partial charge in [-0.3, -0.25) is 4.79 Å². The Morgan fingerprint density at radius 1 is 1.35 bits per heavy atom. The van der Waals surface area contributed by atoms with Crippen LogP contribution in [0.5, 0.6) is 0 Å². The van der Waals surface area contributed by atoms with Crippen molar-refractivity contribution in [3.63, 3.8) is 0 Å². The van der Waals surface area contributed by atoms with Gasteiger partial charge in [-0.2, -0.15) is 5.10 Å². The fourth-order valence-electron chi connectivity index (χ4n) is 2.04. The van der Waals surface area contributed by atoms with E-state index in [9.17, 15) is 4.79 Å². The van der Waals surface area contributed by atoms with Crippen LogP contribution >= 0.6 is 0 Å². The molecule has 2 aromatic rings. The maximum Gasteiger partial charge on any atom is 0.229 e. The van der Waals surface area contributed by atoms with Gasteiger partial charge in [0.1, 0.15) is 0 Å². The molecule has 1 amide bonds. The fourth-order valence-corrected chi connectivity index (χ4v) is 2.04. The SMILES string of the molecule is CC(C)C(CN)C(=O)Nc1ccc(-n2cccn2)cc1. The molecular weight excluding hydrogens is 252 g/mol. The third-order valence-electron chi connectivity index (χ3n) is 3.30. The lowest BCUT2D eigenvalue weighted by molar-refractivity contribution is -0.120. The third kappa shape index (κ3) is 3.24. The van der Waals surface area contributed by atoms with Gasteiger partial charge >= 0.3 is 0 Å². The zero-order valence-electron chi connectivity index (χ0n) is 11.8. The van der Waals surface area contributed by atoms with E-state index in [0.29, 0.717) is 6.54 Å². The Labute approximate surface area is 118 Å². The highest BCUT2D eigenvalue weighted by Gasteiger charge is 2.20. The van der Waals surface area contributed by atoms with Crippen LogP contribution in [0.15, 0.2) is 42.7 Å². The number of anilines is 1.